The summed E-state index contributed by atoms with van der Waals surface area (Å²) in [5, 5.41) is 0. The molecule has 1 rings (SSSR count). The Morgan fingerprint density at radius 3 is 2.45 bits per heavy atom. The molecule has 0 aliphatic rings. The van der Waals surface area contributed by atoms with Crippen LogP contribution in [0, 0.1) is 13.1 Å². The number of aromatic nitrogens is 2. The van der Waals surface area contributed by atoms with Gasteiger partial charge in [-0.05, 0) is 6.92 Å². The lowest BCUT2D eigenvalue weighted by molar-refractivity contribution is -0.141. The SMILES string of the molecule is Cc1cnc(C(F)(F)F)[c]n1. The zero-order valence-electron chi connectivity index (χ0n) is 5.61. The monoisotopic (exact) mass is 161 g/mol. The molecule has 11 heavy (non-hydrogen) atoms. The van der Waals surface area contributed by atoms with Crippen LogP contribution >= 0.6 is 0 Å². The van der Waals surface area contributed by atoms with Crippen molar-refractivity contribution in [2.75, 3.05) is 0 Å². The van der Waals surface area contributed by atoms with Gasteiger partial charge in [-0.2, -0.15) is 13.2 Å². The van der Waals surface area contributed by atoms with Gasteiger partial charge in [0.1, 0.15) is 6.20 Å². The van der Waals surface area contributed by atoms with Crippen LogP contribution in [0.15, 0.2) is 6.20 Å². The van der Waals surface area contributed by atoms with Gasteiger partial charge in [-0.3, -0.25) is 0 Å². The molecule has 0 N–H and O–H groups in total. The van der Waals surface area contributed by atoms with Crippen LogP contribution in [-0.4, -0.2) is 9.97 Å². The lowest BCUT2D eigenvalue weighted by Crippen LogP contribution is -2.08. The highest BCUT2D eigenvalue weighted by molar-refractivity contribution is 5.02. The van der Waals surface area contributed by atoms with Gasteiger partial charge in [0, 0.05) is 6.20 Å². The van der Waals surface area contributed by atoms with Crippen LogP contribution in [-0.2, 0) is 6.18 Å². The van der Waals surface area contributed by atoms with Crippen molar-refractivity contribution >= 4 is 0 Å². The normalized spacial score (nSPS) is 11.6. The van der Waals surface area contributed by atoms with Gasteiger partial charge in [0.15, 0.2) is 5.69 Å². The van der Waals surface area contributed by atoms with Gasteiger partial charge in [0.25, 0.3) is 0 Å². The molecule has 0 fully saturated rings. The van der Waals surface area contributed by atoms with E-state index in [1.165, 1.54) is 0 Å². The third-order valence-corrected chi connectivity index (χ3v) is 0.987. The molecular weight excluding hydrogens is 157 g/mol. The summed E-state index contributed by atoms with van der Waals surface area (Å²) in [5.74, 6) is 0. The van der Waals surface area contributed by atoms with E-state index in [9.17, 15) is 13.2 Å². The zero-order chi connectivity index (χ0) is 8.48. The lowest BCUT2D eigenvalue weighted by Gasteiger charge is -2.02. The van der Waals surface area contributed by atoms with Crippen molar-refractivity contribution in [1.82, 2.24) is 9.97 Å². The Morgan fingerprint density at radius 1 is 1.45 bits per heavy atom. The van der Waals surface area contributed by atoms with Crippen LogP contribution in [0.2, 0.25) is 0 Å². The molecule has 5 heteroatoms. The van der Waals surface area contributed by atoms with Gasteiger partial charge in [-0.1, -0.05) is 0 Å². The fraction of sp³-hybridized carbons (Fsp3) is 0.333. The molecule has 0 aliphatic heterocycles. The van der Waals surface area contributed by atoms with Crippen molar-refractivity contribution in [2.24, 2.45) is 0 Å². The number of rotatable bonds is 0. The van der Waals surface area contributed by atoms with Crippen LogP contribution in [0.3, 0.4) is 0 Å². The molecule has 0 spiro atoms. The van der Waals surface area contributed by atoms with Crippen molar-refractivity contribution in [2.45, 2.75) is 13.1 Å². The molecule has 1 heterocycles. The molecule has 1 radical (unpaired) electrons. The molecule has 0 saturated carbocycles. The van der Waals surface area contributed by atoms with Gasteiger partial charge in [-0.15, -0.1) is 0 Å². The quantitative estimate of drug-likeness (QED) is 0.577. The number of alkyl halides is 3. The van der Waals surface area contributed by atoms with E-state index in [0.717, 1.165) is 6.20 Å². The van der Waals surface area contributed by atoms with Gasteiger partial charge in [-0.25, -0.2) is 9.97 Å². The minimum Gasteiger partial charge on any atom is -0.248 e. The van der Waals surface area contributed by atoms with E-state index in [0.29, 0.717) is 5.69 Å². The van der Waals surface area contributed by atoms with Crippen LogP contribution in [0.1, 0.15) is 11.4 Å². The second-order valence-electron chi connectivity index (χ2n) is 1.97. The molecule has 59 valence electrons. The van der Waals surface area contributed by atoms with Crippen molar-refractivity contribution < 1.29 is 13.2 Å². The minimum absolute atomic E-state index is 0.415. The maximum atomic E-state index is 11.8. The van der Waals surface area contributed by atoms with E-state index in [4.69, 9.17) is 0 Å². The highest BCUT2D eigenvalue weighted by Crippen LogP contribution is 2.25. The molecule has 0 bridgehead atoms. The molecule has 0 saturated heterocycles. The van der Waals surface area contributed by atoms with E-state index in [2.05, 4.69) is 9.97 Å². The number of hydrogen-bond acceptors (Lipinski definition) is 2. The lowest BCUT2D eigenvalue weighted by atomic mass is 10.4. The third-order valence-electron chi connectivity index (χ3n) is 0.987. The summed E-state index contributed by atoms with van der Waals surface area (Å²) in [5.41, 5.74) is -0.666. The maximum Gasteiger partial charge on any atom is 0.435 e. The molecule has 2 nitrogen and oxygen atoms in total. The molecule has 0 aliphatic carbocycles. The highest BCUT2D eigenvalue weighted by atomic mass is 19.4. The Morgan fingerprint density at radius 2 is 2.09 bits per heavy atom. The van der Waals surface area contributed by atoms with Crippen molar-refractivity contribution in [3.05, 3.63) is 23.8 Å². The average molecular weight is 161 g/mol. The number of aryl methyl sites for hydroxylation is 1. The van der Waals surface area contributed by atoms with Gasteiger partial charge < -0.3 is 0 Å². The molecule has 1 aromatic heterocycles. The summed E-state index contributed by atoms with van der Waals surface area (Å²) in [6.45, 7) is 1.55. The molecule has 0 aromatic carbocycles. The first kappa shape index (κ1) is 7.97. The molecular formula is C6H4F3N2. The second-order valence-corrected chi connectivity index (χ2v) is 1.97. The first-order chi connectivity index (χ1) is 5.00. The Hall–Kier alpha value is -1.13. The Labute approximate surface area is 61.1 Å². The van der Waals surface area contributed by atoms with E-state index >= 15 is 0 Å². The fourth-order valence-electron chi connectivity index (χ4n) is 0.493. The summed E-state index contributed by atoms with van der Waals surface area (Å²) >= 11 is 0. The summed E-state index contributed by atoms with van der Waals surface area (Å²) in [4.78, 5) is 6.44. The first-order valence-corrected chi connectivity index (χ1v) is 2.78. The van der Waals surface area contributed by atoms with Gasteiger partial charge in [0.2, 0.25) is 0 Å². The third kappa shape index (κ3) is 1.89. The van der Waals surface area contributed by atoms with Crippen LogP contribution in [0.25, 0.3) is 0 Å². The molecule has 0 unspecified atom stereocenters. The first-order valence-electron chi connectivity index (χ1n) is 2.78. The zero-order valence-corrected chi connectivity index (χ0v) is 5.61. The Bertz CT molecular complexity index is 239. The van der Waals surface area contributed by atoms with E-state index in [-0.39, 0.29) is 0 Å². The summed E-state index contributed by atoms with van der Waals surface area (Å²) in [6, 6.07) is 0. The van der Waals surface area contributed by atoms with E-state index < -0.39 is 11.9 Å². The molecule has 0 atom stereocenters. The summed E-state index contributed by atoms with van der Waals surface area (Å²) in [7, 11) is 0. The molecule has 0 amide bonds. The Kier molecular flexibility index (Phi) is 1.80. The smallest absolute Gasteiger partial charge is 0.248 e. The van der Waals surface area contributed by atoms with Crippen molar-refractivity contribution in [3.63, 3.8) is 0 Å². The van der Waals surface area contributed by atoms with E-state index in [1.54, 1.807) is 13.1 Å². The van der Waals surface area contributed by atoms with E-state index in [1.807, 2.05) is 0 Å². The fourth-order valence-corrected chi connectivity index (χ4v) is 0.493. The van der Waals surface area contributed by atoms with Crippen LogP contribution in [0.5, 0.6) is 0 Å². The van der Waals surface area contributed by atoms with Gasteiger partial charge >= 0.3 is 6.18 Å². The number of nitrogens with zero attached hydrogens (tertiary/aromatic N) is 2. The standard InChI is InChI=1S/C6H4F3N2/c1-4-2-11-5(3-10-4)6(7,8)9/h2H,1H3. The minimum atomic E-state index is -4.44. The average Bonchev–Trinajstić information content (AvgIpc) is 1.86. The molecule has 1 aromatic rings. The van der Waals surface area contributed by atoms with Crippen molar-refractivity contribution in [1.29, 1.82) is 0 Å². The predicted molar refractivity (Wildman–Crippen MR) is 30.6 cm³/mol. The topological polar surface area (TPSA) is 25.8 Å². The summed E-state index contributed by atoms with van der Waals surface area (Å²) < 4.78 is 35.4. The second kappa shape index (κ2) is 2.48. The number of hydrogen-bond donors (Lipinski definition) is 0. The van der Waals surface area contributed by atoms with Gasteiger partial charge in [0.05, 0.1) is 5.69 Å². The highest BCUT2D eigenvalue weighted by Gasteiger charge is 2.32. The van der Waals surface area contributed by atoms with Crippen LogP contribution in [0.4, 0.5) is 13.2 Å². The maximum absolute atomic E-state index is 11.8. The van der Waals surface area contributed by atoms with Crippen molar-refractivity contribution in [3.8, 4) is 0 Å². The van der Waals surface area contributed by atoms with Crippen LogP contribution < -0.4 is 0 Å². The number of halogens is 3. The largest absolute Gasteiger partial charge is 0.435 e. The summed E-state index contributed by atoms with van der Waals surface area (Å²) in [6.07, 6.45) is -1.60. The predicted octanol–water partition coefficient (Wildman–Crippen LogP) is 1.60. The Balaban J connectivity index is 2.99.